The smallest absolute Gasteiger partial charge is 0.328 e. The molecule has 0 radical (unpaired) electrons. The van der Waals surface area contributed by atoms with Gasteiger partial charge in [-0.2, -0.15) is 0 Å². The normalized spacial score (nSPS) is 12.5. The van der Waals surface area contributed by atoms with Gasteiger partial charge in [0.25, 0.3) is 0 Å². The molecule has 0 aromatic carbocycles. The zero-order chi connectivity index (χ0) is 10.6. The molecule has 5 nitrogen and oxygen atoms in total. The first-order chi connectivity index (χ1) is 6.69. The second-order valence-corrected chi connectivity index (χ2v) is 3.04. The van der Waals surface area contributed by atoms with Crippen LogP contribution in [0.5, 0.6) is 0 Å². The molecule has 1 N–H and O–H groups in total. The van der Waals surface area contributed by atoms with Crippen LogP contribution in [-0.2, 0) is 16.1 Å². The largest absolute Gasteiger partial charge is 0.467 e. The number of hydrogen-bond donors (Lipinski definition) is 1. The summed E-state index contributed by atoms with van der Waals surface area (Å²) in [6.45, 7) is 2.47. The summed E-state index contributed by atoms with van der Waals surface area (Å²) in [4.78, 5) is 15.3. The van der Waals surface area contributed by atoms with E-state index in [-0.39, 0.29) is 12.0 Å². The predicted molar refractivity (Wildman–Crippen MR) is 51.7 cm³/mol. The Morgan fingerprint density at radius 1 is 1.79 bits per heavy atom. The summed E-state index contributed by atoms with van der Waals surface area (Å²) < 4.78 is 6.37. The van der Waals surface area contributed by atoms with Crippen molar-refractivity contribution in [1.29, 1.82) is 0 Å². The maximum Gasteiger partial charge on any atom is 0.328 e. The van der Waals surface area contributed by atoms with Crippen molar-refractivity contribution >= 4 is 5.97 Å². The summed E-state index contributed by atoms with van der Waals surface area (Å²) in [6.07, 6.45) is 3.46. The standard InChI is InChI=1S/C9H15N3O2/c1-7(9(13)14-3)12-5-8(4-10-2)11-6-12/h5-7,10H,4H2,1-3H3. The van der Waals surface area contributed by atoms with Gasteiger partial charge in [-0.1, -0.05) is 0 Å². The lowest BCUT2D eigenvalue weighted by Gasteiger charge is -2.09. The molecule has 0 bridgehead atoms. The van der Waals surface area contributed by atoms with Crippen LogP contribution in [0.3, 0.4) is 0 Å². The zero-order valence-corrected chi connectivity index (χ0v) is 8.65. The van der Waals surface area contributed by atoms with Crippen LogP contribution in [0, 0.1) is 0 Å². The van der Waals surface area contributed by atoms with Gasteiger partial charge in [0.05, 0.1) is 19.1 Å². The molecule has 5 heteroatoms. The molecule has 0 saturated carbocycles. The van der Waals surface area contributed by atoms with Gasteiger partial charge in [0.1, 0.15) is 6.04 Å². The summed E-state index contributed by atoms with van der Waals surface area (Å²) in [5.41, 5.74) is 0.906. The number of carbonyl (C=O) groups excluding carboxylic acids is 1. The fourth-order valence-corrected chi connectivity index (χ4v) is 1.16. The van der Waals surface area contributed by atoms with Gasteiger partial charge in [0.2, 0.25) is 0 Å². The highest BCUT2D eigenvalue weighted by atomic mass is 16.5. The summed E-state index contributed by atoms with van der Waals surface area (Å²) >= 11 is 0. The number of ether oxygens (including phenoxy) is 1. The highest BCUT2D eigenvalue weighted by Gasteiger charge is 2.14. The maximum absolute atomic E-state index is 11.2. The van der Waals surface area contributed by atoms with Crippen molar-refractivity contribution in [2.75, 3.05) is 14.2 Å². The summed E-state index contributed by atoms with van der Waals surface area (Å²) in [7, 11) is 3.23. The molecule has 1 unspecified atom stereocenters. The maximum atomic E-state index is 11.2. The molecule has 0 fully saturated rings. The van der Waals surface area contributed by atoms with E-state index in [4.69, 9.17) is 0 Å². The minimum atomic E-state index is -0.321. The third-order valence-corrected chi connectivity index (χ3v) is 2.00. The van der Waals surface area contributed by atoms with E-state index in [1.807, 2.05) is 13.2 Å². The van der Waals surface area contributed by atoms with E-state index in [9.17, 15) is 4.79 Å². The third-order valence-electron chi connectivity index (χ3n) is 2.00. The number of rotatable bonds is 4. The van der Waals surface area contributed by atoms with Crippen molar-refractivity contribution in [3.8, 4) is 0 Å². The molecule has 1 heterocycles. The van der Waals surface area contributed by atoms with Crippen LogP contribution in [-0.4, -0.2) is 29.7 Å². The minimum Gasteiger partial charge on any atom is -0.467 e. The van der Waals surface area contributed by atoms with Crippen molar-refractivity contribution in [2.45, 2.75) is 19.5 Å². The van der Waals surface area contributed by atoms with Crippen LogP contribution in [0.15, 0.2) is 12.5 Å². The van der Waals surface area contributed by atoms with E-state index in [1.54, 1.807) is 17.8 Å². The van der Waals surface area contributed by atoms with Gasteiger partial charge in [-0.05, 0) is 14.0 Å². The Kier molecular flexibility index (Phi) is 3.64. The van der Waals surface area contributed by atoms with Crippen LogP contribution in [0.25, 0.3) is 0 Å². The van der Waals surface area contributed by atoms with Gasteiger partial charge < -0.3 is 14.6 Å². The van der Waals surface area contributed by atoms with Gasteiger partial charge in [-0.25, -0.2) is 9.78 Å². The Balaban J connectivity index is 2.70. The fraction of sp³-hybridized carbons (Fsp3) is 0.556. The first kappa shape index (κ1) is 10.7. The molecular formula is C9H15N3O2. The number of imidazole rings is 1. The van der Waals surface area contributed by atoms with Gasteiger partial charge in [0, 0.05) is 12.7 Å². The van der Waals surface area contributed by atoms with E-state index >= 15 is 0 Å². The Labute approximate surface area is 83.1 Å². The van der Waals surface area contributed by atoms with E-state index in [1.165, 1.54) is 7.11 Å². The number of hydrogen-bond acceptors (Lipinski definition) is 4. The molecule has 0 aliphatic carbocycles. The SMILES string of the molecule is CNCc1cn(C(C)C(=O)OC)cn1. The van der Waals surface area contributed by atoms with E-state index < -0.39 is 0 Å². The van der Waals surface area contributed by atoms with Crippen LogP contribution in [0.4, 0.5) is 0 Å². The third kappa shape index (κ3) is 2.32. The molecule has 1 rings (SSSR count). The van der Waals surface area contributed by atoms with Gasteiger partial charge >= 0.3 is 5.97 Å². The molecule has 0 spiro atoms. The molecule has 0 aliphatic heterocycles. The van der Waals surface area contributed by atoms with Crippen LogP contribution in [0.2, 0.25) is 0 Å². The molecular weight excluding hydrogens is 182 g/mol. The number of methoxy groups -OCH3 is 1. The van der Waals surface area contributed by atoms with Crippen molar-refractivity contribution in [3.63, 3.8) is 0 Å². The molecule has 0 aliphatic rings. The molecule has 1 aromatic rings. The Bertz CT molecular complexity index is 309. The zero-order valence-electron chi connectivity index (χ0n) is 8.65. The lowest BCUT2D eigenvalue weighted by atomic mass is 10.3. The van der Waals surface area contributed by atoms with E-state index in [0.29, 0.717) is 6.54 Å². The molecule has 14 heavy (non-hydrogen) atoms. The molecule has 1 atom stereocenters. The Morgan fingerprint density at radius 2 is 2.50 bits per heavy atom. The predicted octanol–water partition coefficient (Wildman–Crippen LogP) is 0.336. The highest BCUT2D eigenvalue weighted by Crippen LogP contribution is 2.08. The van der Waals surface area contributed by atoms with Crippen molar-refractivity contribution in [2.24, 2.45) is 0 Å². The van der Waals surface area contributed by atoms with Crippen molar-refractivity contribution in [3.05, 3.63) is 18.2 Å². The van der Waals surface area contributed by atoms with Crippen LogP contribution in [0.1, 0.15) is 18.7 Å². The number of aromatic nitrogens is 2. The quantitative estimate of drug-likeness (QED) is 0.707. The highest BCUT2D eigenvalue weighted by molar-refractivity contribution is 5.73. The van der Waals surface area contributed by atoms with Gasteiger partial charge in [-0.15, -0.1) is 0 Å². The van der Waals surface area contributed by atoms with Crippen LogP contribution < -0.4 is 5.32 Å². The number of nitrogens with one attached hydrogen (secondary N) is 1. The lowest BCUT2D eigenvalue weighted by molar-refractivity contribution is -0.144. The molecule has 1 aromatic heterocycles. The van der Waals surface area contributed by atoms with Crippen LogP contribution >= 0.6 is 0 Å². The van der Waals surface area contributed by atoms with E-state index in [0.717, 1.165) is 5.69 Å². The average molecular weight is 197 g/mol. The molecule has 78 valence electrons. The number of esters is 1. The first-order valence-corrected chi connectivity index (χ1v) is 4.43. The number of carbonyl (C=O) groups is 1. The summed E-state index contributed by atoms with van der Waals surface area (Å²) in [6, 6.07) is -0.321. The second-order valence-electron chi connectivity index (χ2n) is 3.04. The summed E-state index contributed by atoms with van der Waals surface area (Å²) in [5.74, 6) is -0.265. The lowest BCUT2D eigenvalue weighted by Crippen LogP contribution is -2.16. The van der Waals surface area contributed by atoms with Crippen molar-refractivity contribution in [1.82, 2.24) is 14.9 Å². The molecule has 0 amide bonds. The summed E-state index contributed by atoms with van der Waals surface area (Å²) in [5, 5.41) is 2.99. The monoisotopic (exact) mass is 197 g/mol. The van der Waals surface area contributed by atoms with Gasteiger partial charge in [-0.3, -0.25) is 0 Å². The molecule has 0 saturated heterocycles. The Morgan fingerprint density at radius 3 is 3.07 bits per heavy atom. The Hall–Kier alpha value is -1.36. The van der Waals surface area contributed by atoms with E-state index in [2.05, 4.69) is 15.0 Å². The van der Waals surface area contributed by atoms with Gasteiger partial charge in [0.15, 0.2) is 0 Å². The number of nitrogens with zero attached hydrogens (tertiary/aromatic N) is 2. The second kappa shape index (κ2) is 4.76. The fourth-order valence-electron chi connectivity index (χ4n) is 1.16. The van der Waals surface area contributed by atoms with Crippen molar-refractivity contribution < 1.29 is 9.53 Å². The topological polar surface area (TPSA) is 56.2 Å². The average Bonchev–Trinajstić information content (AvgIpc) is 2.64. The minimum absolute atomic E-state index is 0.265. The first-order valence-electron chi connectivity index (χ1n) is 4.43.